The summed E-state index contributed by atoms with van der Waals surface area (Å²) in [5, 5.41) is 9.52. The minimum atomic E-state index is -0.152. The molecule has 0 spiro atoms. The second-order valence-corrected chi connectivity index (χ2v) is 5.89. The van der Waals surface area contributed by atoms with Gasteiger partial charge in [0.1, 0.15) is 0 Å². The molecule has 1 aromatic carbocycles. The summed E-state index contributed by atoms with van der Waals surface area (Å²) in [4.78, 5) is 0. The number of benzene rings is 1. The molecular formula is C17H19N. The first-order valence-electron chi connectivity index (χ1n) is 6.80. The van der Waals surface area contributed by atoms with Gasteiger partial charge in [0.2, 0.25) is 0 Å². The van der Waals surface area contributed by atoms with Gasteiger partial charge in [-0.15, -0.1) is 0 Å². The number of allylic oxidation sites excluding steroid dienone is 2. The maximum Gasteiger partial charge on any atom is 0.0783 e. The van der Waals surface area contributed by atoms with Gasteiger partial charge in [0.15, 0.2) is 0 Å². The molecule has 92 valence electrons. The van der Waals surface area contributed by atoms with Crippen LogP contribution in [0, 0.1) is 16.7 Å². The molecule has 0 amide bonds. The van der Waals surface area contributed by atoms with Gasteiger partial charge in [0.25, 0.3) is 0 Å². The van der Waals surface area contributed by atoms with Gasteiger partial charge in [-0.25, -0.2) is 0 Å². The maximum atomic E-state index is 9.52. The molecule has 1 aromatic rings. The lowest BCUT2D eigenvalue weighted by Gasteiger charge is -2.52. The van der Waals surface area contributed by atoms with Gasteiger partial charge in [-0.1, -0.05) is 41.5 Å². The Kier molecular flexibility index (Phi) is 2.38. The molecule has 1 nitrogen and oxygen atoms in total. The highest BCUT2D eigenvalue weighted by molar-refractivity contribution is 5.46. The Morgan fingerprint density at radius 1 is 0.944 bits per heavy atom. The van der Waals surface area contributed by atoms with Crippen LogP contribution in [0.1, 0.15) is 45.1 Å². The van der Waals surface area contributed by atoms with Gasteiger partial charge in [0.05, 0.1) is 11.5 Å². The minimum Gasteiger partial charge on any atom is -0.197 e. The third-order valence-corrected chi connectivity index (χ3v) is 5.50. The number of fused-ring (bicyclic) bond motifs is 2. The molecule has 18 heavy (non-hydrogen) atoms. The molecule has 1 fully saturated rings. The zero-order valence-corrected chi connectivity index (χ0v) is 11.2. The van der Waals surface area contributed by atoms with Crippen LogP contribution in [0.2, 0.25) is 0 Å². The second kappa shape index (κ2) is 3.72. The summed E-state index contributed by atoms with van der Waals surface area (Å²) in [7, 11) is 0. The van der Waals surface area contributed by atoms with Crippen LogP contribution in [0.25, 0.3) is 0 Å². The minimum absolute atomic E-state index is 0.152. The molecule has 1 heteroatoms. The third kappa shape index (κ3) is 1.27. The quantitative estimate of drug-likeness (QED) is 0.666. The largest absolute Gasteiger partial charge is 0.197 e. The summed E-state index contributed by atoms with van der Waals surface area (Å²) in [6.45, 7) is 4.42. The molecular weight excluding hydrogens is 218 g/mol. The Morgan fingerprint density at radius 3 is 2.11 bits per heavy atom. The van der Waals surface area contributed by atoms with Gasteiger partial charge >= 0.3 is 0 Å². The van der Waals surface area contributed by atoms with Gasteiger partial charge in [0, 0.05) is 5.41 Å². The lowest BCUT2D eigenvalue weighted by molar-refractivity contribution is 0.197. The number of nitriles is 1. The monoisotopic (exact) mass is 237 g/mol. The van der Waals surface area contributed by atoms with E-state index in [1.54, 1.807) is 0 Å². The number of rotatable bonds is 1. The fourth-order valence-electron chi connectivity index (χ4n) is 4.03. The Hall–Kier alpha value is -1.55. The predicted octanol–water partition coefficient (Wildman–Crippen LogP) is 4.36. The molecule has 0 aromatic heterocycles. The average Bonchev–Trinajstić information content (AvgIpc) is 2.45. The lowest BCUT2D eigenvalue weighted by Crippen LogP contribution is -2.44. The summed E-state index contributed by atoms with van der Waals surface area (Å²) >= 11 is 0. The van der Waals surface area contributed by atoms with E-state index in [1.165, 1.54) is 16.7 Å². The first-order valence-corrected chi connectivity index (χ1v) is 6.80. The van der Waals surface area contributed by atoms with Crippen LogP contribution in [0.15, 0.2) is 41.5 Å². The molecule has 2 bridgehead atoms. The van der Waals surface area contributed by atoms with Crippen molar-refractivity contribution in [2.75, 3.05) is 0 Å². The lowest BCUT2D eigenvalue weighted by atomic mass is 9.50. The van der Waals surface area contributed by atoms with Crippen LogP contribution in [0.5, 0.6) is 0 Å². The van der Waals surface area contributed by atoms with E-state index in [4.69, 9.17) is 0 Å². The third-order valence-electron chi connectivity index (χ3n) is 5.50. The van der Waals surface area contributed by atoms with Gasteiger partial charge in [-0.2, -0.15) is 5.26 Å². The van der Waals surface area contributed by atoms with E-state index in [9.17, 15) is 5.26 Å². The van der Waals surface area contributed by atoms with Crippen molar-refractivity contribution in [3.05, 3.63) is 47.0 Å². The van der Waals surface area contributed by atoms with Crippen molar-refractivity contribution < 1.29 is 0 Å². The van der Waals surface area contributed by atoms with E-state index in [0.717, 1.165) is 25.7 Å². The highest BCUT2D eigenvalue weighted by atomic mass is 14.6. The molecule has 0 saturated heterocycles. The molecule has 4 rings (SSSR count). The van der Waals surface area contributed by atoms with E-state index in [0.29, 0.717) is 0 Å². The molecule has 0 radical (unpaired) electrons. The molecule has 0 atom stereocenters. The Bertz CT molecular complexity index is 537. The molecule has 0 aliphatic heterocycles. The smallest absolute Gasteiger partial charge is 0.0783 e. The van der Waals surface area contributed by atoms with E-state index < -0.39 is 0 Å². The van der Waals surface area contributed by atoms with Crippen LogP contribution in [-0.4, -0.2) is 0 Å². The van der Waals surface area contributed by atoms with Crippen molar-refractivity contribution in [3.63, 3.8) is 0 Å². The van der Waals surface area contributed by atoms with E-state index in [1.807, 2.05) is 0 Å². The van der Waals surface area contributed by atoms with Crippen LogP contribution in [-0.2, 0) is 5.41 Å². The van der Waals surface area contributed by atoms with Crippen LogP contribution >= 0.6 is 0 Å². The van der Waals surface area contributed by atoms with E-state index in [2.05, 4.69) is 50.2 Å². The van der Waals surface area contributed by atoms with E-state index in [-0.39, 0.29) is 10.8 Å². The fourth-order valence-corrected chi connectivity index (χ4v) is 4.03. The zero-order chi connectivity index (χ0) is 12.8. The maximum absolute atomic E-state index is 9.52. The number of hydrogen-bond acceptors (Lipinski definition) is 1. The van der Waals surface area contributed by atoms with Crippen molar-refractivity contribution in [1.29, 1.82) is 5.26 Å². The van der Waals surface area contributed by atoms with Crippen LogP contribution in [0.3, 0.4) is 0 Å². The summed E-state index contributed by atoms with van der Waals surface area (Å²) < 4.78 is 0. The fraction of sp³-hybridized carbons (Fsp3) is 0.471. The molecule has 3 aliphatic carbocycles. The van der Waals surface area contributed by atoms with E-state index >= 15 is 0 Å². The number of hydrogen-bond donors (Lipinski definition) is 0. The van der Waals surface area contributed by atoms with Crippen molar-refractivity contribution in [2.45, 2.75) is 44.9 Å². The zero-order valence-electron chi connectivity index (χ0n) is 11.2. The number of nitrogens with zero attached hydrogens (tertiary/aromatic N) is 1. The van der Waals surface area contributed by atoms with Crippen molar-refractivity contribution in [3.8, 4) is 6.07 Å². The molecule has 1 saturated carbocycles. The van der Waals surface area contributed by atoms with Crippen molar-refractivity contribution in [2.24, 2.45) is 5.41 Å². The first-order chi connectivity index (χ1) is 8.65. The summed E-state index contributed by atoms with van der Waals surface area (Å²) in [5.74, 6) is 0. The molecule has 0 unspecified atom stereocenters. The average molecular weight is 237 g/mol. The van der Waals surface area contributed by atoms with Crippen molar-refractivity contribution >= 4 is 0 Å². The van der Waals surface area contributed by atoms with Gasteiger partial charge < -0.3 is 0 Å². The Balaban J connectivity index is 2.18. The second-order valence-electron chi connectivity index (χ2n) is 5.89. The summed E-state index contributed by atoms with van der Waals surface area (Å²) in [5.41, 5.74) is 4.29. The SMILES string of the molecule is CC1=C(C)C2(c3ccccc3)CCC1(C#N)CC2. The van der Waals surface area contributed by atoms with Crippen LogP contribution in [0.4, 0.5) is 0 Å². The molecule has 0 heterocycles. The molecule has 3 aliphatic rings. The molecule has 0 N–H and O–H groups in total. The Labute approximate surface area is 109 Å². The Morgan fingerprint density at radius 2 is 1.56 bits per heavy atom. The summed E-state index contributed by atoms with van der Waals surface area (Å²) in [6, 6.07) is 13.4. The topological polar surface area (TPSA) is 23.8 Å². The van der Waals surface area contributed by atoms with Crippen LogP contribution < -0.4 is 0 Å². The van der Waals surface area contributed by atoms with Gasteiger partial charge in [-0.05, 0) is 45.1 Å². The summed E-state index contributed by atoms with van der Waals surface area (Å²) in [6.07, 6.45) is 4.32. The van der Waals surface area contributed by atoms with Gasteiger partial charge in [-0.3, -0.25) is 0 Å². The first kappa shape index (κ1) is 11.5. The highest BCUT2D eigenvalue weighted by Gasteiger charge is 2.51. The normalized spacial score (nSPS) is 34.5. The predicted molar refractivity (Wildman–Crippen MR) is 73.0 cm³/mol. The highest BCUT2D eigenvalue weighted by Crippen LogP contribution is 2.59. The standard InChI is InChI=1S/C17H19N/c1-13-14(2)17(15-6-4-3-5-7-15)10-8-16(13,12-18)9-11-17/h3-7H,8-11H2,1-2H3. The van der Waals surface area contributed by atoms with Crippen molar-refractivity contribution in [1.82, 2.24) is 0 Å².